The number of amides is 1. The lowest BCUT2D eigenvalue weighted by Gasteiger charge is -2.35. The van der Waals surface area contributed by atoms with Crippen molar-refractivity contribution in [2.24, 2.45) is 0 Å². The molecule has 6 heteroatoms. The highest BCUT2D eigenvalue weighted by atomic mass is 32.1. The van der Waals surface area contributed by atoms with Gasteiger partial charge in [-0.25, -0.2) is 0 Å². The van der Waals surface area contributed by atoms with Crippen molar-refractivity contribution in [3.05, 3.63) is 11.9 Å². The largest absolute Gasteiger partial charge is 0.390 e. The van der Waals surface area contributed by atoms with Crippen molar-refractivity contribution in [1.82, 2.24) is 13.6 Å². The summed E-state index contributed by atoms with van der Waals surface area (Å²) in [5.41, 5.74) is -0.224. The monoisotopic (exact) mass is 227 g/mol. The average molecular weight is 227 g/mol. The van der Waals surface area contributed by atoms with Gasteiger partial charge in [0, 0.05) is 13.1 Å². The van der Waals surface area contributed by atoms with Crippen molar-refractivity contribution < 1.29 is 9.90 Å². The van der Waals surface area contributed by atoms with Gasteiger partial charge >= 0.3 is 0 Å². The zero-order chi connectivity index (χ0) is 10.9. The number of aromatic nitrogens is 2. The lowest BCUT2D eigenvalue weighted by Crippen LogP contribution is -2.45. The normalized spacial score (nSPS) is 20.3. The van der Waals surface area contributed by atoms with Gasteiger partial charge in [0.25, 0.3) is 5.91 Å². The van der Waals surface area contributed by atoms with E-state index < -0.39 is 5.60 Å². The fourth-order valence-electron chi connectivity index (χ4n) is 1.61. The van der Waals surface area contributed by atoms with Crippen LogP contribution in [0.15, 0.2) is 6.20 Å². The number of hydrogen-bond acceptors (Lipinski definition) is 5. The summed E-state index contributed by atoms with van der Waals surface area (Å²) in [6.45, 7) is 2.98. The predicted octanol–water partition coefficient (Wildman–Crippen LogP) is 0.525. The van der Waals surface area contributed by atoms with E-state index in [0.717, 1.165) is 11.7 Å². The average Bonchev–Trinajstić information content (AvgIpc) is 2.69. The lowest BCUT2D eigenvalue weighted by molar-refractivity contribution is -0.00216. The summed E-state index contributed by atoms with van der Waals surface area (Å²) >= 11 is 1.03. The molecule has 2 heterocycles. The first-order valence-corrected chi connectivity index (χ1v) is 5.61. The molecule has 0 aromatic carbocycles. The van der Waals surface area contributed by atoms with Gasteiger partial charge in [-0.15, -0.1) is 0 Å². The highest BCUT2D eigenvalue weighted by Crippen LogP contribution is 2.21. The minimum absolute atomic E-state index is 0.0840. The van der Waals surface area contributed by atoms with Gasteiger partial charge in [-0.1, -0.05) is 0 Å². The van der Waals surface area contributed by atoms with Crippen LogP contribution in [0.5, 0.6) is 0 Å². The van der Waals surface area contributed by atoms with Crippen LogP contribution in [0.1, 0.15) is 30.3 Å². The molecule has 0 atom stereocenters. The van der Waals surface area contributed by atoms with E-state index in [0.29, 0.717) is 31.6 Å². The predicted molar refractivity (Wildman–Crippen MR) is 55.7 cm³/mol. The number of carbonyl (C=O) groups is 1. The maximum atomic E-state index is 11.8. The molecule has 0 aliphatic carbocycles. The summed E-state index contributed by atoms with van der Waals surface area (Å²) in [5.74, 6) is -0.0840. The van der Waals surface area contributed by atoms with Crippen LogP contribution in [0.2, 0.25) is 0 Å². The molecule has 1 aromatic heterocycles. The molecule has 0 saturated carbocycles. The molecular formula is C9H13N3O2S. The Bertz CT molecular complexity index is 340. The summed E-state index contributed by atoms with van der Waals surface area (Å²) in [5, 5.41) is 9.74. The van der Waals surface area contributed by atoms with Crippen molar-refractivity contribution >= 4 is 17.6 Å². The van der Waals surface area contributed by atoms with E-state index in [2.05, 4.69) is 8.75 Å². The second-order valence-electron chi connectivity index (χ2n) is 4.08. The molecule has 1 aliphatic rings. The topological polar surface area (TPSA) is 66.3 Å². The standard InChI is InChI=1S/C9H13N3O2S/c1-9(14)2-4-12(5-3-9)8(13)7-6-10-15-11-7/h6,14H,2-5H2,1H3. The van der Waals surface area contributed by atoms with E-state index in [-0.39, 0.29) is 5.91 Å². The zero-order valence-electron chi connectivity index (χ0n) is 8.51. The molecule has 0 unspecified atom stereocenters. The Kier molecular flexibility index (Phi) is 2.70. The molecule has 2 rings (SSSR count). The molecule has 0 radical (unpaired) electrons. The van der Waals surface area contributed by atoms with Crippen LogP contribution in [0, 0.1) is 0 Å². The number of hydrogen-bond donors (Lipinski definition) is 1. The zero-order valence-corrected chi connectivity index (χ0v) is 9.33. The first-order chi connectivity index (χ1) is 7.08. The lowest BCUT2D eigenvalue weighted by atomic mass is 9.94. The van der Waals surface area contributed by atoms with E-state index in [1.807, 2.05) is 0 Å². The van der Waals surface area contributed by atoms with Crippen LogP contribution < -0.4 is 0 Å². The van der Waals surface area contributed by atoms with Gasteiger partial charge in [-0.05, 0) is 19.8 Å². The van der Waals surface area contributed by atoms with Gasteiger partial charge in [0.05, 0.1) is 23.5 Å². The second-order valence-corrected chi connectivity index (χ2v) is 4.64. The molecule has 1 aromatic rings. The van der Waals surface area contributed by atoms with Gasteiger partial charge in [0.1, 0.15) is 0 Å². The van der Waals surface area contributed by atoms with Crippen molar-refractivity contribution in [2.45, 2.75) is 25.4 Å². The van der Waals surface area contributed by atoms with Crippen LogP contribution >= 0.6 is 11.7 Å². The first kappa shape index (κ1) is 10.5. The van der Waals surface area contributed by atoms with Gasteiger partial charge in [0.15, 0.2) is 5.69 Å². The third-order valence-corrected chi connectivity index (χ3v) is 3.19. The van der Waals surface area contributed by atoms with Crippen molar-refractivity contribution in [2.75, 3.05) is 13.1 Å². The van der Waals surface area contributed by atoms with Crippen molar-refractivity contribution in [1.29, 1.82) is 0 Å². The second kappa shape index (κ2) is 3.86. The Hall–Kier alpha value is -1.01. The fraction of sp³-hybridized carbons (Fsp3) is 0.667. The van der Waals surface area contributed by atoms with Gasteiger partial charge in [-0.3, -0.25) is 4.79 Å². The molecule has 0 spiro atoms. The molecular weight excluding hydrogens is 214 g/mol. The Morgan fingerprint density at radius 2 is 2.27 bits per heavy atom. The highest BCUT2D eigenvalue weighted by Gasteiger charge is 2.30. The summed E-state index contributed by atoms with van der Waals surface area (Å²) in [7, 11) is 0. The summed E-state index contributed by atoms with van der Waals surface area (Å²) in [6.07, 6.45) is 2.73. The van der Waals surface area contributed by atoms with Gasteiger partial charge in [-0.2, -0.15) is 8.75 Å². The van der Waals surface area contributed by atoms with Crippen molar-refractivity contribution in [3.63, 3.8) is 0 Å². The minimum atomic E-state index is -0.628. The smallest absolute Gasteiger partial charge is 0.275 e. The van der Waals surface area contributed by atoms with Crippen LogP contribution in [-0.2, 0) is 0 Å². The summed E-state index contributed by atoms with van der Waals surface area (Å²) in [4.78, 5) is 13.5. The third-order valence-electron chi connectivity index (χ3n) is 2.71. The number of piperidine rings is 1. The molecule has 1 amide bonds. The fourth-order valence-corrected chi connectivity index (χ4v) is 2.02. The van der Waals surface area contributed by atoms with E-state index in [1.54, 1.807) is 11.8 Å². The molecule has 1 aliphatic heterocycles. The molecule has 0 bridgehead atoms. The number of likely N-dealkylation sites (tertiary alicyclic amines) is 1. The van der Waals surface area contributed by atoms with E-state index in [4.69, 9.17) is 0 Å². The van der Waals surface area contributed by atoms with Crippen LogP contribution in [0.3, 0.4) is 0 Å². The maximum absolute atomic E-state index is 11.8. The Labute approximate surface area is 92.1 Å². The van der Waals surface area contributed by atoms with Crippen LogP contribution in [-0.4, -0.2) is 43.4 Å². The Morgan fingerprint density at radius 3 is 2.80 bits per heavy atom. The quantitative estimate of drug-likeness (QED) is 0.759. The number of carbonyl (C=O) groups excluding carboxylic acids is 1. The number of rotatable bonds is 1. The third kappa shape index (κ3) is 2.32. The summed E-state index contributed by atoms with van der Waals surface area (Å²) < 4.78 is 7.70. The molecule has 1 fully saturated rings. The molecule has 1 saturated heterocycles. The van der Waals surface area contributed by atoms with E-state index >= 15 is 0 Å². The number of nitrogens with zero attached hydrogens (tertiary/aromatic N) is 3. The summed E-state index contributed by atoms with van der Waals surface area (Å²) in [6, 6.07) is 0. The van der Waals surface area contributed by atoms with Gasteiger partial charge < -0.3 is 10.0 Å². The Balaban J connectivity index is 2.00. The molecule has 1 N–H and O–H groups in total. The molecule has 15 heavy (non-hydrogen) atoms. The maximum Gasteiger partial charge on any atom is 0.275 e. The van der Waals surface area contributed by atoms with Crippen LogP contribution in [0.25, 0.3) is 0 Å². The molecule has 82 valence electrons. The SMILES string of the molecule is CC1(O)CCN(C(=O)c2cnsn2)CC1. The first-order valence-electron chi connectivity index (χ1n) is 4.88. The molecule has 5 nitrogen and oxygen atoms in total. The van der Waals surface area contributed by atoms with Crippen molar-refractivity contribution in [3.8, 4) is 0 Å². The van der Waals surface area contributed by atoms with Gasteiger partial charge in [0.2, 0.25) is 0 Å². The number of aliphatic hydroxyl groups is 1. The van der Waals surface area contributed by atoms with E-state index in [9.17, 15) is 9.90 Å². The Morgan fingerprint density at radius 1 is 1.60 bits per heavy atom. The minimum Gasteiger partial charge on any atom is -0.390 e. The van der Waals surface area contributed by atoms with E-state index in [1.165, 1.54) is 6.20 Å². The highest BCUT2D eigenvalue weighted by molar-refractivity contribution is 6.99. The van der Waals surface area contributed by atoms with Crippen LogP contribution in [0.4, 0.5) is 0 Å².